The molecule has 0 aliphatic rings. The number of nitrogens with zero attached hydrogens (tertiary/aromatic N) is 2. The number of aliphatic carboxylic acids is 2. The van der Waals surface area contributed by atoms with Gasteiger partial charge in [-0.05, 0) is 0 Å². The minimum atomic E-state index is -1.22. The molecule has 2 atom stereocenters. The Balaban J connectivity index is 4.78. The Labute approximate surface area is 172 Å². The molecule has 0 bridgehead atoms. The normalized spacial score (nSPS) is 13.1. The summed E-state index contributed by atoms with van der Waals surface area (Å²) in [5, 5.41) is 58.5. The monoisotopic (exact) mass is 438 g/mol. The number of hydrogen-bond acceptors (Lipinski definition) is 10. The first kappa shape index (κ1) is 27.6. The summed E-state index contributed by atoms with van der Waals surface area (Å²) in [6.07, 6.45) is -2.31. The van der Waals surface area contributed by atoms with E-state index in [9.17, 15) is 29.4 Å². The molecule has 0 fully saturated rings. The highest BCUT2D eigenvalue weighted by Crippen LogP contribution is 1.95. The van der Waals surface area contributed by atoms with Crippen molar-refractivity contribution in [1.29, 1.82) is 0 Å². The molecule has 0 rings (SSSR count). The average molecular weight is 438 g/mol. The summed E-state index contributed by atoms with van der Waals surface area (Å²) in [7, 11) is 0. The molecule has 0 aromatic carbocycles. The first-order valence-electron chi connectivity index (χ1n) is 9.06. The fourth-order valence-corrected chi connectivity index (χ4v) is 2.20. The third-order valence-electron chi connectivity index (χ3n) is 3.68. The summed E-state index contributed by atoms with van der Waals surface area (Å²) in [4.78, 5) is 48.2. The van der Waals surface area contributed by atoms with Gasteiger partial charge in [-0.15, -0.1) is 0 Å². The molecule has 0 aliphatic heterocycles. The average Bonchev–Trinajstić information content (AvgIpc) is 2.67. The maximum atomic E-state index is 11.9. The van der Waals surface area contributed by atoms with Crippen molar-refractivity contribution in [1.82, 2.24) is 20.4 Å². The van der Waals surface area contributed by atoms with Crippen LogP contribution in [0.15, 0.2) is 0 Å². The zero-order valence-corrected chi connectivity index (χ0v) is 16.4. The Kier molecular flexibility index (Phi) is 14.3. The first-order chi connectivity index (χ1) is 14.1. The van der Waals surface area contributed by atoms with Crippen LogP contribution in [0.4, 0.5) is 0 Å². The van der Waals surface area contributed by atoms with Crippen LogP contribution in [0.25, 0.3) is 0 Å². The van der Waals surface area contributed by atoms with Gasteiger partial charge in [0.25, 0.3) is 0 Å². The van der Waals surface area contributed by atoms with Crippen LogP contribution in [0, 0.1) is 0 Å². The fourth-order valence-electron chi connectivity index (χ4n) is 2.20. The predicted octanol–water partition coefficient (Wildman–Crippen LogP) is -5.30. The van der Waals surface area contributed by atoms with Crippen LogP contribution >= 0.6 is 0 Å². The van der Waals surface area contributed by atoms with Gasteiger partial charge in [0, 0.05) is 26.2 Å². The van der Waals surface area contributed by atoms with Crippen LogP contribution in [0.2, 0.25) is 0 Å². The van der Waals surface area contributed by atoms with Gasteiger partial charge in [0.15, 0.2) is 0 Å². The van der Waals surface area contributed by atoms with Gasteiger partial charge in [-0.25, -0.2) is 0 Å². The fraction of sp³-hybridized carbons (Fsp3) is 0.750. The minimum Gasteiger partial charge on any atom is -0.480 e. The highest BCUT2D eigenvalue weighted by molar-refractivity contribution is 5.79. The van der Waals surface area contributed by atoms with Gasteiger partial charge in [0.1, 0.15) is 0 Å². The molecule has 0 aromatic heterocycles. The van der Waals surface area contributed by atoms with Crippen LogP contribution in [-0.4, -0.2) is 142 Å². The van der Waals surface area contributed by atoms with Crippen molar-refractivity contribution in [2.45, 2.75) is 12.2 Å². The number of carbonyl (C=O) groups is 4. The molecule has 174 valence electrons. The zero-order chi connectivity index (χ0) is 23.1. The summed E-state index contributed by atoms with van der Waals surface area (Å²) >= 11 is 0. The molecule has 14 nitrogen and oxygen atoms in total. The van der Waals surface area contributed by atoms with Crippen LogP contribution < -0.4 is 10.6 Å². The van der Waals surface area contributed by atoms with Crippen molar-refractivity contribution in [3.05, 3.63) is 0 Å². The van der Waals surface area contributed by atoms with E-state index in [-0.39, 0.29) is 39.3 Å². The molecule has 2 amide bonds. The van der Waals surface area contributed by atoms with Crippen molar-refractivity contribution in [3.8, 4) is 0 Å². The van der Waals surface area contributed by atoms with Gasteiger partial charge < -0.3 is 41.3 Å². The highest BCUT2D eigenvalue weighted by Gasteiger charge is 2.19. The van der Waals surface area contributed by atoms with Gasteiger partial charge in [-0.3, -0.25) is 29.0 Å². The molecule has 0 radical (unpaired) electrons. The third kappa shape index (κ3) is 14.6. The van der Waals surface area contributed by atoms with Crippen LogP contribution in [-0.2, 0) is 19.2 Å². The topological polar surface area (TPSA) is 220 Å². The standard InChI is InChI=1S/C16H30N4O10/c21-9-11(23)3-17-13(25)5-19(7-15(27)28)1-2-20(8-16(29)30)6-14(26)18-4-12(24)10-22/h11-12,21-24H,1-10H2,(H,17,25)(H,18,26)(H,27,28)(H,29,30). The predicted molar refractivity (Wildman–Crippen MR) is 100 cm³/mol. The molecule has 8 N–H and O–H groups in total. The van der Waals surface area contributed by atoms with E-state index >= 15 is 0 Å². The van der Waals surface area contributed by atoms with E-state index in [0.717, 1.165) is 0 Å². The number of rotatable bonds is 17. The number of hydrogen-bond donors (Lipinski definition) is 8. The van der Waals surface area contributed by atoms with Crippen LogP contribution in [0.5, 0.6) is 0 Å². The molecule has 0 spiro atoms. The molecule has 0 heterocycles. The van der Waals surface area contributed by atoms with E-state index in [1.165, 1.54) is 9.80 Å². The van der Waals surface area contributed by atoms with E-state index in [2.05, 4.69) is 10.6 Å². The zero-order valence-electron chi connectivity index (χ0n) is 16.4. The highest BCUT2D eigenvalue weighted by atomic mass is 16.4. The number of carbonyl (C=O) groups excluding carboxylic acids is 2. The lowest BCUT2D eigenvalue weighted by molar-refractivity contribution is -0.141. The van der Waals surface area contributed by atoms with Crippen molar-refractivity contribution < 1.29 is 49.8 Å². The summed E-state index contributed by atoms with van der Waals surface area (Å²) in [5.41, 5.74) is 0. The van der Waals surface area contributed by atoms with Gasteiger partial charge >= 0.3 is 11.9 Å². The van der Waals surface area contributed by atoms with Gasteiger partial charge in [-0.2, -0.15) is 0 Å². The second-order valence-electron chi connectivity index (χ2n) is 6.49. The molecule has 0 aromatic rings. The minimum absolute atomic E-state index is 0.0535. The number of nitrogens with one attached hydrogen (secondary N) is 2. The molecular formula is C16H30N4O10. The maximum absolute atomic E-state index is 11.9. The van der Waals surface area contributed by atoms with E-state index in [0.29, 0.717) is 0 Å². The first-order valence-corrected chi connectivity index (χ1v) is 9.06. The van der Waals surface area contributed by atoms with Crippen LogP contribution in [0.1, 0.15) is 0 Å². The summed E-state index contributed by atoms with van der Waals surface area (Å²) < 4.78 is 0. The van der Waals surface area contributed by atoms with Crippen molar-refractivity contribution >= 4 is 23.8 Å². The Morgan fingerprint density at radius 1 is 0.667 bits per heavy atom. The number of carboxylic acid groups (broad SMARTS) is 2. The van der Waals surface area contributed by atoms with Gasteiger partial charge in [0.2, 0.25) is 11.8 Å². The molecule has 0 saturated heterocycles. The number of aliphatic hydroxyl groups is 4. The Bertz CT molecular complexity index is 514. The summed E-state index contributed by atoms with van der Waals surface area (Å²) in [6, 6.07) is 0. The van der Waals surface area contributed by atoms with Crippen molar-refractivity contribution in [2.24, 2.45) is 0 Å². The van der Waals surface area contributed by atoms with Gasteiger partial charge in [-0.1, -0.05) is 0 Å². The van der Waals surface area contributed by atoms with Crippen LogP contribution in [0.3, 0.4) is 0 Å². The molecule has 30 heavy (non-hydrogen) atoms. The van der Waals surface area contributed by atoms with E-state index < -0.39 is 62.3 Å². The maximum Gasteiger partial charge on any atom is 0.317 e. The van der Waals surface area contributed by atoms with E-state index in [1.807, 2.05) is 0 Å². The third-order valence-corrected chi connectivity index (χ3v) is 3.68. The lowest BCUT2D eigenvalue weighted by Crippen LogP contribution is -2.47. The van der Waals surface area contributed by atoms with Gasteiger partial charge in [0.05, 0.1) is 51.6 Å². The lowest BCUT2D eigenvalue weighted by atomic mass is 10.3. The molecule has 0 aliphatic carbocycles. The lowest BCUT2D eigenvalue weighted by Gasteiger charge is -2.25. The molecule has 0 saturated carbocycles. The molecule has 2 unspecified atom stereocenters. The van der Waals surface area contributed by atoms with E-state index in [4.69, 9.17) is 20.4 Å². The second kappa shape index (κ2) is 15.5. The SMILES string of the molecule is O=C(O)CN(CCN(CC(=O)O)CC(=O)NCC(O)CO)CC(=O)NCC(O)CO. The number of carboxylic acids is 2. The Hall–Kier alpha value is -2.36. The van der Waals surface area contributed by atoms with E-state index in [1.54, 1.807) is 0 Å². The smallest absolute Gasteiger partial charge is 0.317 e. The second-order valence-corrected chi connectivity index (χ2v) is 6.49. The quantitative estimate of drug-likeness (QED) is 0.107. The number of aliphatic hydroxyl groups excluding tert-OH is 4. The van der Waals surface area contributed by atoms with Crippen molar-refractivity contribution in [3.63, 3.8) is 0 Å². The number of amides is 2. The Morgan fingerprint density at radius 3 is 1.27 bits per heavy atom. The Morgan fingerprint density at radius 2 is 1.00 bits per heavy atom. The largest absolute Gasteiger partial charge is 0.480 e. The molecule has 14 heteroatoms. The molecular weight excluding hydrogens is 408 g/mol. The summed E-state index contributed by atoms with van der Waals surface area (Å²) in [6.45, 7) is -3.42. The van der Waals surface area contributed by atoms with Crippen molar-refractivity contribution in [2.75, 3.05) is 65.6 Å². The summed E-state index contributed by atoms with van der Waals surface area (Å²) in [5.74, 6) is -3.66.